The first-order chi connectivity index (χ1) is 45.5. The molecule has 9 rings (SSSR count). The van der Waals surface area contributed by atoms with E-state index in [4.69, 9.17) is 75.6 Å². The lowest BCUT2D eigenvalue weighted by atomic mass is 9.96. The molecule has 0 spiro atoms. The number of phenols is 1. The molecule has 2 saturated heterocycles. The Morgan fingerprint density at radius 2 is 1.32 bits per heavy atom. The van der Waals surface area contributed by atoms with E-state index >= 15 is 4.39 Å². The summed E-state index contributed by atoms with van der Waals surface area (Å²) in [6.07, 6.45) is 0.0458. The summed E-state index contributed by atoms with van der Waals surface area (Å²) >= 11 is 13.2. The van der Waals surface area contributed by atoms with Crippen LogP contribution in [-0.4, -0.2) is 211 Å². The van der Waals surface area contributed by atoms with Crippen LogP contribution in [0, 0.1) is 5.82 Å². The number of aromatic hydroxyl groups is 1. The van der Waals surface area contributed by atoms with Crippen LogP contribution < -0.4 is 30.9 Å². The Hall–Kier alpha value is -7.76. The molecule has 3 aliphatic rings. The van der Waals surface area contributed by atoms with Gasteiger partial charge in [0.2, 0.25) is 17.8 Å². The van der Waals surface area contributed by atoms with Gasteiger partial charge >= 0.3 is 12.1 Å². The highest BCUT2D eigenvalue weighted by Crippen LogP contribution is 2.43. The number of nitrogens with zero attached hydrogens (tertiary/aromatic N) is 5. The molecule has 5 N–H and O–H groups in total. The van der Waals surface area contributed by atoms with Gasteiger partial charge in [0.15, 0.2) is 5.82 Å². The third-order valence-electron chi connectivity index (χ3n) is 15.0. The van der Waals surface area contributed by atoms with Crippen LogP contribution in [0.2, 0.25) is 10.0 Å². The van der Waals surface area contributed by atoms with Crippen molar-refractivity contribution in [2.24, 2.45) is 0 Å². The topological polar surface area (TPSA) is 282 Å². The van der Waals surface area contributed by atoms with Crippen LogP contribution in [0.1, 0.15) is 55.1 Å². The number of hydrogen-bond donors (Lipinski definition) is 5. The number of ether oxygens (including phenoxy) is 10. The second kappa shape index (κ2) is 35.1. The average molecular weight is 1350 g/mol. The molecule has 1 atom stereocenters. The number of amides is 6. The number of aromatic nitrogens is 2. The Balaban J connectivity index is 0.555. The third kappa shape index (κ3) is 20.6. The van der Waals surface area contributed by atoms with Gasteiger partial charge in [-0.25, -0.2) is 19.0 Å². The number of rotatable bonds is 35. The van der Waals surface area contributed by atoms with Gasteiger partial charge in [-0.3, -0.25) is 19.7 Å². The quantitative estimate of drug-likeness (QED) is 0.0184. The minimum atomic E-state index is -0.705. The number of carbonyl (C=O) groups is 5. The molecule has 0 radical (unpaired) electrons. The molecule has 94 heavy (non-hydrogen) atoms. The van der Waals surface area contributed by atoms with Crippen LogP contribution in [0.4, 0.5) is 31.4 Å². The maximum absolute atomic E-state index is 17.0. The van der Waals surface area contributed by atoms with Crippen molar-refractivity contribution in [2.45, 2.75) is 58.3 Å². The van der Waals surface area contributed by atoms with Gasteiger partial charge in [-0.2, -0.15) is 4.98 Å². The van der Waals surface area contributed by atoms with E-state index in [1.807, 2.05) is 56.0 Å². The SMILES string of the molecule is CC(C)(C)OC(=O)N1CCN(c2nc(NCCOCCOCCOCCOCCOCCOCCOCCOCCOc3cc(Cl)cc(NC(=O)NCc4ccc5c(c4)CN(C4CCC(=O)NC4=O)C5=O)c3)nc3c(F)c(-c4cc(O)cc5ccccc45)c(Cl)cc23)CC1. The van der Waals surface area contributed by atoms with E-state index in [1.165, 1.54) is 11.0 Å². The molecule has 2 fully saturated rings. The lowest BCUT2D eigenvalue weighted by Gasteiger charge is -2.36. The Labute approximate surface area is 554 Å². The Bertz CT molecular complexity index is 3580. The number of carbonyl (C=O) groups excluding carboxylic acids is 5. The molecule has 6 amide bonds. The molecule has 506 valence electrons. The molecule has 1 aromatic heterocycles. The number of hydrogen-bond acceptors (Lipinski definition) is 20. The Kier molecular flexibility index (Phi) is 26.4. The molecule has 25 nitrogen and oxygen atoms in total. The number of fused-ring (bicyclic) bond motifs is 3. The van der Waals surface area contributed by atoms with Crippen molar-refractivity contribution in [1.29, 1.82) is 0 Å². The van der Waals surface area contributed by atoms with Crippen molar-refractivity contribution in [2.75, 3.05) is 161 Å². The molecule has 1 unspecified atom stereocenters. The van der Waals surface area contributed by atoms with E-state index in [0.717, 1.165) is 16.5 Å². The summed E-state index contributed by atoms with van der Waals surface area (Å²) in [7, 11) is 0. The number of benzene rings is 5. The molecule has 0 aliphatic carbocycles. The van der Waals surface area contributed by atoms with E-state index in [1.54, 1.807) is 47.4 Å². The lowest BCUT2D eigenvalue weighted by Crippen LogP contribution is -2.52. The number of urea groups is 1. The lowest BCUT2D eigenvalue weighted by molar-refractivity contribution is -0.136. The Morgan fingerprint density at radius 3 is 1.95 bits per heavy atom. The second-order valence-corrected chi connectivity index (χ2v) is 23.9. The number of anilines is 3. The zero-order chi connectivity index (χ0) is 66.4. The van der Waals surface area contributed by atoms with Crippen LogP contribution in [-0.2, 0) is 65.3 Å². The normalized spacial score (nSPS) is 15.0. The van der Waals surface area contributed by atoms with Crippen molar-refractivity contribution in [3.8, 4) is 22.6 Å². The molecule has 0 saturated carbocycles. The van der Waals surface area contributed by atoms with Gasteiger partial charge in [0.05, 0.1) is 111 Å². The molecule has 0 bridgehead atoms. The summed E-state index contributed by atoms with van der Waals surface area (Å²) in [5.41, 5.74) is 2.34. The van der Waals surface area contributed by atoms with Crippen LogP contribution >= 0.6 is 23.2 Å². The van der Waals surface area contributed by atoms with Crippen LogP contribution in [0.3, 0.4) is 0 Å². The van der Waals surface area contributed by atoms with Crippen molar-refractivity contribution in [3.05, 3.63) is 111 Å². The van der Waals surface area contributed by atoms with Gasteiger partial charge in [0, 0.05) is 85.5 Å². The van der Waals surface area contributed by atoms with E-state index in [-0.39, 0.29) is 78.8 Å². The van der Waals surface area contributed by atoms with Crippen LogP contribution in [0.15, 0.2) is 78.9 Å². The monoisotopic (exact) mass is 1340 g/mol. The largest absolute Gasteiger partial charge is 0.508 e. The van der Waals surface area contributed by atoms with E-state index in [0.29, 0.717) is 176 Å². The fourth-order valence-electron chi connectivity index (χ4n) is 10.6. The highest BCUT2D eigenvalue weighted by atomic mass is 35.5. The number of piperidine rings is 1. The zero-order valence-electron chi connectivity index (χ0n) is 52.9. The third-order valence-corrected chi connectivity index (χ3v) is 15.5. The summed E-state index contributed by atoms with van der Waals surface area (Å²) in [6.45, 7) is 13.9. The number of phenolic OH excluding ortho intramolecular Hbond substituents is 1. The van der Waals surface area contributed by atoms with E-state index in [9.17, 15) is 29.1 Å². The van der Waals surface area contributed by atoms with Crippen LogP contribution in [0.25, 0.3) is 32.8 Å². The van der Waals surface area contributed by atoms with Gasteiger partial charge < -0.3 is 83.1 Å². The smallest absolute Gasteiger partial charge is 0.410 e. The van der Waals surface area contributed by atoms with Crippen molar-refractivity contribution in [3.63, 3.8) is 0 Å². The van der Waals surface area contributed by atoms with E-state index < -0.39 is 35.5 Å². The maximum atomic E-state index is 17.0. The number of halogens is 3. The second-order valence-electron chi connectivity index (χ2n) is 23.0. The van der Waals surface area contributed by atoms with Gasteiger partial charge in [-0.1, -0.05) is 59.6 Å². The van der Waals surface area contributed by atoms with Crippen LogP contribution in [0.5, 0.6) is 11.5 Å². The predicted octanol–water partition coefficient (Wildman–Crippen LogP) is 8.37. The fourth-order valence-corrected chi connectivity index (χ4v) is 11.1. The molecule has 6 aromatic rings. The summed E-state index contributed by atoms with van der Waals surface area (Å²) < 4.78 is 73.4. The first kappa shape index (κ1) is 70.6. The van der Waals surface area contributed by atoms with Crippen molar-refractivity contribution < 1.29 is 80.8 Å². The molecular formula is C66H80Cl2FN9O16. The molecule has 28 heteroatoms. The van der Waals surface area contributed by atoms with Crippen molar-refractivity contribution >= 4 is 92.2 Å². The minimum absolute atomic E-state index is 0.0313. The number of piperazine rings is 1. The van der Waals surface area contributed by atoms with Gasteiger partial charge in [-0.15, -0.1) is 0 Å². The highest BCUT2D eigenvalue weighted by molar-refractivity contribution is 6.35. The summed E-state index contributed by atoms with van der Waals surface area (Å²) in [5.74, 6) is -0.700. The molecular weight excluding hydrogens is 1260 g/mol. The van der Waals surface area contributed by atoms with Gasteiger partial charge in [0.25, 0.3) is 5.91 Å². The molecule has 4 heterocycles. The summed E-state index contributed by atoms with van der Waals surface area (Å²) in [4.78, 5) is 77.2. The number of nitrogens with one attached hydrogen (secondary N) is 4. The average Bonchev–Trinajstić information content (AvgIpc) is 0.826. The number of imide groups is 1. The predicted molar refractivity (Wildman–Crippen MR) is 349 cm³/mol. The summed E-state index contributed by atoms with van der Waals surface area (Å²) in [6, 6.07) is 21.1. The molecule has 5 aromatic carbocycles. The zero-order valence-corrected chi connectivity index (χ0v) is 54.4. The summed E-state index contributed by atoms with van der Waals surface area (Å²) in [5, 5.41) is 24.0. The van der Waals surface area contributed by atoms with Crippen molar-refractivity contribution in [1.82, 2.24) is 30.4 Å². The van der Waals surface area contributed by atoms with Gasteiger partial charge in [0.1, 0.15) is 41.1 Å². The standard InChI is InChI=1S/C66H80Cl2FN9O16/c1-66(2,3)94-65(84)77-15-13-76(14-16-77)60-53-40-54(68)57(52-39-48(79)35-44-6-4-5-7-50(44)52)58(69)59(53)74-63(75-60)70-12-17-85-18-19-86-20-21-87-22-23-88-24-25-89-26-27-90-28-29-91-30-31-92-32-33-93-49-37-46(67)36-47(38-49)72-64(83)71-41-43-8-9-51-45(34-43)42-78(62(51)82)55-10-11-56(80)73-61(55)81/h4-9,34-40,55,79H,10-33,41-42H2,1-3H3,(H,70,74,75)(H2,71,72,83)(H,73,80,81). The molecule has 3 aliphatic heterocycles. The maximum Gasteiger partial charge on any atom is 0.410 e. The first-order valence-corrected chi connectivity index (χ1v) is 32.0. The fraction of sp³-hybridized carbons (Fsp3) is 0.470. The Morgan fingerprint density at radius 1 is 0.702 bits per heavy atom. The van der Waals surface area contributed by atoms with Gasteiger partial charge in [-0.05, 0) is 91.1 Å². The first-order valence-electron chi connectivity index (χ1n) is 31.2. The highest BCUT2D eigenvalue weighted by Gasteiger charge is 2.39. The minimum Gasteiger partial charge on any atom is -0.508 e. The van der Waals surface area contributed by atoms with E-state index in [2.05, 4.69) is 26.3 Å².